The van der Waals surface area contributed by atoms with Gasteiger partial charge in [0.05, 0.1) is 19.9 Å². The van der Waals surface area contributed by atoms with E-state index in [2.05, 4.69) is 76.9 Å². The molecule has 2 aromatic heterocycles. The maximum absolute atomic E-state index is 11.5. The summed E-state index contributed by atoms with van der Waals surface area (Å²) in [5.41, 5.74) is 2.58. The number of rotatable bonds is 8. The highest BCUT2D eigenvalue weighted by atomic mass is 32.2. The highest BCUT2D eigenvalue weighted by molar-refractivity contribution is 7.99. The molecule has 0 saturated heterocycles. The van der Waals surface area contributed by atoms with E-state index >= 15 is 0 Å². The SMILES string of the molecule is C=CCn1c(SCCn2cc(C(=O)OC)nn2)nnc1-c1ccc(C(C)(C)C)cc1. The third kappa shape index (κ3) is 4.96. The highest BCUT2D eigenvalue weighted by Gasteiger charge is 2.17. The number of hydrogen-bond acceptors (Lipinski definition) is 7. The molecule has 158 valence electrons. The summed E-state index contributed by atoms with van der Waals surface area (Å²) in [6.45, 7) is 11.6. The number of ether oxygens (including phenoxy) is 1. The molecule has 0 aliphatic rings. The van der Waals surface area contributed by atoms with Crippen LogP contribution in [0.3, 0.4) is 0 Å². The first-order chi connectivity index (χ1) is 14.3. The van der Waals surface area contributed by atoms with Crippen molar-refractivity contribution in [2.45, 2.75) is 44.4 Å². The number of hydrogen-bond donors (Lipinski definition) is 0. The van der Waals surface area contributed by atoms with E-state index in [0.717, 1.165) is 16.5 Å². The molecular weight excluding hydrogens is 400 g/mol. The third-order valence-corrected chi connectivity index (χ3v) is 5.47. The quantitative estimate of drug-likeness (QED) is 0.309. The lowest BCUT2D eigenvalue weighted by atomic mass is 9.87. The summed E-state index contributed by atoms with van der Waals surface area (Å²) in [6.07, 6.45) is 3.41. The van der Waals surface area contributed by atoms with E-state index in [-0.39, 0.29) is 11.1 Å². The molecular formula is C21H26N6O2S. The fourth-order valence-electron chi connectivity index (χ4n) is 2.86. The molecule has 3 rings (SSSR count). The Morgan fingerprint density at radius 3 is 2.57 bits per heavy atom. The van der Waals surface area contributed by atoms with Crippen LogP contribution in [0.25, 0.3) is 11.4 Å². The number of thioether (sulfide) groups is 1. The van der Waals surface area contributed by atoms with Crippen LogP contribution in [-0.2, 0) is 23.2 Å². The largest absolute Gasteiger partial charge is 0.464 e. The van der Waals surface area contributed by atoms with Crippen molar-refractivity contribution >= 4 is 17.7 Å². The van der Waals surface area contributed by atoms with Gasteiger partial charge in [0.2, 0.25) is 0 Å². The van der Waals surface area contributed by atoms with Crippen LogP contribution in [0.1, 0.15) is 36.8 Å². The number of carbonyl (C=O) groups is 1. The molecule has 0 amide bonds. The normalized spacial score (nSPS) is 11.5. The van der Waals surface area contributed by atoms with Crippen molar-refractivity contribution in [2.75, 3.05) is 12.9 Å². The third-order valence-electron chi connectivity index (χ3n) is 4.52. The zero-order chi connectivity index (χ0) is 21.7. The molecule has 30 heavy (non-hydrogen) atoms. The molecule has 0 atom stereocenters. The molecule has 0 unspecified atom stereocenters. The lowest BCUT2D eigenvalue weighted by Crippen LogP contribution is -2.10. The number of carbonyl (C=O) groups excluding carboxylic acids is 1. The predicted molar refractivity (Wildman–Crippen MR) is 116 cm³/mol. The summed E-state index contributed by atoms with van der Waals surface area (Å²) in [6, 6.07) is 8.45. The molecule has 0 aliphatic carbocycles. The topological polar surface area (TPSA) is 87.7 Å². The molecule has 0 N–H and O–H groups in total. The Hall–Kier alpha value is -2.94. The summed E-state index contributed by atoms with van der Waals surface area (Å²) >= 11 is 1.56. The van der Waals surface area contributed by atoms with Crippen molar-refractivity contribution < 1.29 is 9.53 Å². The van der Waals surface area contributed by atoms with Gasteiger partial charge >= 0.3 is 5.97 Å². The number of methoxy groups -OCH3 is 1. The second-order valence-corrected chi connectivity index (χ2v) is 8.80. The molecule has 0 saturated carbocycles. The van der Waals surface area contributed by atoms with Crippen molar-refractivity contribution in [1.29, 1.82) is 0 Å². The van der Waals surface area contributed by atoms with Crippen molar-refractivity contribution in [2.24, 2.45) is 0 Å². The first-order valence-electron chi connectivity index (χ1n) is 9.59. The van der Waals surface area contributed by atoms with Crippen LogP contribution < -0.4 is 0 Å². The van der Waals surface area contributed by atoms with Crippen molar-refractivity contribution in [1.82, 2.24) is 29.8 Å². The van der Waals surface area contributed by atoms with Crippen LogP contribution >= 0.6 is 11.8 Å². The molecule has 0 spiro atoms. The molecule has 0 aliphatic heterocycles. The zero-order valence-electron chi connectivity index (χ0n) is 17.7. The monoisotopic (exact) mass is 426 g/mol. The van der Waals surface area contributed by atoms with Gasteiger partial charge in [-0.05, 0) is 11.0 Å². The van der Waals surface area contributed by atoms with Gasteiger partial charge < -0.3 is 4.74 Å². The first-order valence-corrected chi connectivity index (χ1v) is 10.6. The van der Waals surface area contributed by atoms with Crippen molar-refractivity contribution in [3.8, 4) is 11.4 Å². The number of aryl methyl sites for hydroxylation is 1. The van der Waals surface area contributed by atoms with Crippen molar-refractivity contribution in [3.05, 3.63) is 54.4 Å². The minimum atomic E-state index is -0.498. The average molecular weight is 427 g/mol. The van der Waals surface area contributed by atoms with E-state index in [0.29, 0.717) is 18.8 Å². The Morgan fingerprint density at radius 2 is 1.93 bits per heavy atom. The van der Waals surface area contributed by atoms with Gasteiger partial charge in [0, 0.05) is 17.9 Å². The molecule has 2 heterocycles. The van der Waals surface area contributed by atoms with Crippen LogP contribution in [-0.4, -0.2) is 48.6 Å². The zero-order valence-corrected chi connectivity index (χ0v) is 18.5. The van der Waals surface area contributed by atoms with E-state index in [1.165, 1.54) is 12.7 Å². The Balaban J connectivity index is 1.72. The Kier molecular flexibility index (Phi) is 6.71. The molecule has 8 nitrogen and oxygen atoms in total. The second-order valence-electron chi connectivity index (χ2n) is 7.74. The lowest BCUT2D eigenvalue weighted by Gasteiger charge is -2.19. The van der Waals surface area contributed by atoms with Gasteiger partial charge in [0.15, 0.2) is 16.7 Å². The van der Waals surface area contributed by atoms with Gasteiger partial charge in [0.1, 0.15) is 0 Å². The van der Waals surface area contributed by atoms with Crippen LogP contribution in [0.4, 0.5) is 0 Å². The molecule has 3 aromatic rings. The molecule has 9 heteroatoms. The summed E-state index contributed by atoms with van der Waals surface area (Å²) in [5, 5.41) is 17.3. The summed E-state index contributed by atoms with van der Waals surface area (Å²) in [4.78, 5) is 11.5. The highest BCUT2D eigenvalue weighted by Crippen LogP contribution is 2.27. The maximum atomic E-state index is 11.5. The van der Waals surface area contributed by atoms with E-state index in [1.807, 2.05) is 10.6 Å². The summed E-state index contributed by atoms with van der Waals surface area (Å²) < 4.78 is 8.30. The number of aromatic nitrogens is 6. The molecule has 0 fully saturated rings. The fourth-order valence-corrected chi connectivity index (χ4v) is 3.73. The standard InChI is InChI=1S/C21H26N6O2S/c1-6-11-27-18(15-7-9-16(10-8-15)21(2,3)4)23-24-20(27)30-13-12-26-14-17(22-25-26)19(28)29-5/h6-10,14H,1,11-13H2,2-5H3. The molecule has 0 bridgehead atoms. The number of nitrogens with zero attached hydrogens (tertiary/aromatic N) is 6. The van der Waals surface area contributed by atoms with Gasteiger partial charge in [-0.1, -0.05) is 68.1 Å². The Morgan fingerprint density at radius 1 is 1.20 bits per heavy atom. The van der Waals surface area contributed by atoms with E-state index in [9.17, 15) is 4.79 Å². The van der Waals surface area contributed by atoms with Gasteiger partial charge in [-0.2, -0.15) is 0 Å². The smallest absolute Gasteiger partial charge is 0.360 e. The number of allylic oxidation sites excluding steroid dienone is 1. The van der Waals surface area contributed by atoms with Gasteiger partial charge in [0.25, 0.3) is 0 Å². The molecule has 1 aromatic carbocycles. The van der Waals surface area contributed by atoms with Crippen LogP contribution in [0.5, 0.6) is 0 Å². The lowest BCUT2D eigenvalue weighted by molar-refractivity contribution is 0.0594. The van der Waals surface area contributed by atoms with E-state index in [1.54, 1.807) is 22.6 Å². The minimum absolute atomic E-state index is 0.101. The average Bonchev–Trinajstić information content (AvgIpc) is 3.35. The fraction of sp³-hybridized carbons (Fsp3) is 0.381. The van der Waals surface area contributed by atoms with Crippen LogP contribution in [0, 0.1) is 0 Å². The number of benzene rings is 1. The second kappa shape index (κ2) is 9.25. The minimum Gasteiger partial charge on any atom is -0.464 e. The Bertz CT molecular complexity index is 1020. The van der Waals surface area contributed by atoms with Crippen LogP contribution in [0.15, 0.2) is 48.3 Å². The summed E-state index contributed by atoms with van der Waals surface area (Å²) in [5.74, 6) is 1.01. The van der Waals surface area contributed by atoms with E-state index < -0.39 is 5.97 Å². The first kappa shape index (κ1) is 21.8. The predicted octanol–water partition coefficient (Wildman–Crippen LogP) is 3.60. The maximum Gasteiger partial charge on any atom is 0.360 e. The van der Waals surface area contributed by atoms with Gasteiger partial charge in [-0.15, -0.1) is 21.9 Å². The van der Waals surface area contributed by atoms with Gasteiger partial charge in [-0.25, -0.2) is 4.79 Å². The Labute approximate surface area is 180 Å². The van der Waals surface area contributed by atoms with Crippen molar-refractivity contribution in [3.63, 3.8) is 0 Å². The number of esters is 1. The summed E-state index contributed by atoms with van der Waals surface area (Å²) in [7, 11) is 1.32. The van der Waals surface area contributed by atoms with E-state index in [4.69, 9.17) is 0 Å². The van der Waals surface area contributed by atoms with Gasteiger partial charge in [-0.3, -0.25) is 9.25 Å². The van der Waals surface area contributed by atoms with Crippen LogP contribution in [0.2, 0.25) is 0 Å². The molecule has 0 radical (unpaired) electrons.